The van der Waals surface area contributed by atoms with Gasteiger partial charge in [-0.2, -0.15) is 0 Å². The summed E-state index contributed by atoms with van der Waals surface area (Å²) in [5.41, 5.74) is 0.915. The number of rotatable bonds is 4. The van der Waals surface area contributed by atoms with Crippen LogP contribution in [-0.4, -0.2) is 34.6 Å². The number of halogens is 1. The number of hydrogen-bond donors (Lipinski definition) is 1. The van der Waals surface area contributed by atoms with Crippen molar-refractivity contribution in [2.24, 2.45) is 0 Å². The number of thiophene rings is 1. The average molecular weight is 328 g/mol. The number of carboxylic acid groups (broad SMARTS) is 1. The van der Waals surface area contributed by atoms with Crippen molar-refractivity contribution >= 4 is 39.2 Å². The predicted molar refractivity (Wildman–Crippen MR) is 74.0 cm³/mol. The fraction of sp³-hybridized carbons (Fsp3) is 0.182. The van der Waals surface area contributed by atoms with E-state index in [9.17, 15) is 4.79 Å². The van der Waals surface area contributed by atoms with E-state index in [1.165, 1.54) is 4.90 Å². The molecule has 0 saturated heterocycles. The monoisotopic (exact) mass is 327 g/mol. The van der Waals surface area contributed by atoms with Gasteiger partial charge in [-0.05, 0) is 22.0 Å². The Morgan fingerprint density at radius 1 is 1.50 bits per heavy atom. The van der Waals surface area contributed by atoms with E-state index in [2.05, 4.69) is 25.9 Å². The molecule has 0 aromatic carbocycles. The summed E-state index contributed by atoms with van der Waals surface area (Å²) in [5.74, 6) is -0.510. The van der Waals surface area contributed by atoms with Gasteiger partial charge in [0.15, 0.2) is 0 Å². The van der Waals surface area contributed by atoms with E-state index in [0.717, 1.165) is 14.9 Å². The number of nitrogens with zero attached hydrogens (tertiary/aromatic N) is 3. The van der Waals surface area contributed by atoms with Crippen molar-refractivity contribution in [2.75, 3.05) is 18.5 Å². The number of likely N-dealkylation sites (N-methyl/N-ethyl adjacent to an activating group) is 1. The number of carboxylic acids is 1. The van der Waals surface area contributed by atoms with Gasteiger partial charge in [0.05, 0.1) is 0 Å². The standard InChI is InChI=1S/C11H10BrN3O2S/c1-15(5-10(16)17)11-13-3-7(4-14-11)9-2-8(12)6-18-9/h2-4,6H,5H2,1H3,(H,16,17). The highest BCUT2D eigenvalue weighted by Gasteiger charge is 2.09. The summed E-state index contributed by atoms with van der Waals surface area (Å²) in [6.07, 6.45) is 3.39. The predicted octanol–water partition coefficient (Wildman–Crippen LogP) is 2.49. The Bertz CT molecular complexity index is 556. The molecule has 0 spiro atoms. The van der Waals surface area contributed by atoms with Crippen molar-refractivity contribution in [3.63, 3.8) is 0 Å². The fourth-order valence-corrected chi connectivity index (χ4v) is 2.79. The minimum Gasteiger partial charge on any atom is -0.480 e. The van der Waals surface area contributed by atoms with Gasteiger partial charge in [0.2, 0.25) is 5.95 Å². The van der Waals surface area contributed by atoms with Gasteiger partial charge in [0.25, 0.3) is 0 Å². The zero-order valence-electron chi connectivity index (χ0n) is 9.50. The second-order valence-electron chi connectivity index (χ2n) is 3.65. The third kappa shape index (κ3) is 3.05. The number of hydrogen-bond acceptors (Lipinski definition) is 5. The van der Waals surface area contributed by atoms with Crippen molar-refractivity contribution in [3.8, 4) is 10.4 Å². The Hall–Kier alpha value is -1.47. The maximum Gasteiger partial charge on any atom is 0.323 e. The van der Waals surface area contributed by atoms with Gasteiger partial charge in [0, 0.05) is 39.7 Å². The van der Waals surface area contributed by atoms with Crippen LogP contribution in [0.15, 0.2) is 28.3 Å². The molecule has 0 atom stereocenters. The Balaban J connectivity index is 2.17. The van der Waals surface area contributed by atoms with Crippen LogP contribution < -0.4 is 4.90 Å². The van der Waals surface area contributed by atoms with Crippen LogP contribution in [0.25, 0.3) is 10.4 Å². The quantitative estimate of drug-likeness (QED) is 0.934. The molecule has 2 heterocycles. The van der Waals surface area contributed by atoms with Crippen molar-refractivity contribution < 1.29 is 9.90 Å². The smallest absolute Gasteiger partial charge is 0.323 e. The lowest BCUT2D eigenvalue weighted by molar-refractivity contribution is -0.135. The van der Waals surface area contributed by atoms with Crippen LogP contribution in [0.1, 0.15) is 0 Å². The first-order valence-electron chi connectivity index (χ1n) is 5.05. The molecule has 94 valence electrons. The van der Waals surface area contributed by atoms with E-state index in [1.807, 2.05) is 11.4 Å². The van der Waals surface area contributed by atoms with Gasteiger partial charge in [-0.25, -0.2) is 9.97 Å². The van der Waals surface area contributed by atoms with E-state index >= 15 is 0 Å². The van der Waals surface area contributed by atoms with Crippen molar-refractivity contribution in [1.29, 1.82) is 0 Å². The first-order valence-corrected chi connectivity index (χ1v) is 6.73. The molecule has 1 N–H and O–H groups in total. The van der Waals surface area contributed by atoms with E-state index in [-0.39, 0.29) is 6.54 Å². The molecule has 0 radical (unpaired) electrons. The van der Waals surface area contributed by atoms with E-state index in [4.69, 9.17) is 5.11 Å². The second kappa shape index (κ2) is 5.45. The van der Waals surface area contributed by atoms with Crippen LogP contribution in [0, 0.1) is 0 Å². The number of aromatic nitrogens is 2. The van der Waals surface area contributed by atoms with Crippen molar-refractivity contribution in [2.45, 2.75) is 0 Å². The topological polar surface area (TPSA) is 66.3 Å². The molecular formula is C11H10BrN3O2S. The molecule has 7 heteroatoms. The summed E-state index contributed by atoms with van der Waals surface area (Å²) < 4.78 is 1.02. The molecule has 0 fully saturated rings. The molecular weight excluding hydrogens is 318 g/mol. The van der Waals surface area contributed by atoms with Gasteiger partial charge in [-0.15, -0.1) is 11.3 Å². The highest BCUT2D eigenvalue weighted by molar-refractivity contribution is 9.10. The first kappa shape index (κ1) is 13.0. The highest BCUT2D eigenvalue weighted by Crippen LogP contribution is 2.29. The van der Waals surface area contributed by atoms with Gasteiger partial charge in [-0.3, -0.25) is 4.79 Å². The molecule has 0 bridgehead atoms. The SMILES string of the molecule is CN(CC(=O)O)c1ncc(-c2cc(Br)cs2)cn1. The zero-order valence-corrected chi connectivity index (χ0v) is 11.9. The highest BCUT2D eigenvalue weighted by atomic mass is 79.9. The molecule has 0 aliphatic carbocycles. The number of anilines is 1. The summed E-state index contributed by atoms with van der Waals surface area (Å²) in [6.45, 7) is -0.121. The van der Waals surface area contributed by atoms with Crippen molar-refractivity contribution in [1.82, 2.24) is 9.97 Å². The Morgan fingerprint density at radius 2 is 2.17 bits per heavy atom. The lowest BCUT2D eigenvalue weighted by atomic mass is 10.3. The summed E-state index contributed by atoms with van der Waals surface area (Å²) in [5, 5.41) is 10.7. The summed E-state index contributed by atoms with van der Waals surface area (Å²) in [7, 11) is 1.64. The van der Waals surface area contributed by atoms with Crippen LogP contribution in [0.2, 0.25) is 0 Å². The molecule has 0 aliphatic heterocycles. The minimum atomic E-state index is -0.910. The zero-order chi connectivity index (χ0) is 13.1. The van der Waals surface area contributed by atoms with Crippen LogP contribution in [0.3, 0.4) is 0 Å². The molecule has 2 aromatic rings. The second-order valence-corrected chi connectivity index (χ2v) is 5.48. The number of carbonyl (C=O) groups is 1. The average Bonchev–Trinajstić information content (AvgIpc) is 2.75. The molecule has 18 heavy (non-hydrogen) atoms. The molecule has 0 saturated carbocycles. The minimum absolute atomic E-state index is 0.121. The lowest BCUT2D eigenvalue weighted by Gasteiger charge is -2.13. The van der Waals surface area contributed by atoms with E-state index < -0.39 is 5.97 Å². The normalized spacial score (nSPS) is 10.3. The largest absolute Gasteiger partial charge is 0.480 e. The molecule has 2 rings (SSSR count). The lowest BCUT2D eigenvalue weighted by Crippen LogP contribution is -2.26. The molecule has 0 unspecified atom stereocenters. The van der Waals surface area contributed by atoms with E-state index in [1.54, 1.807) is 30.8 Å². The van der Waals surface area contributed by atoms with Gasteiger partial charge >= 0.3 is 5.97 Å². The third-order valence-electron chi connectivity index (χ3n) is 2.20. The number of aliphatic carboxylic acids is 1. The summed E-state index contributed by atoms with van der Waals surface area (Å²) in [4.78, 5) is 21.4. The van der Waals surface area contributed by atoms with Crippen molar-refractivity contribution in [3.05, 3.63) is 28.3 Å². The Morgan fingerprint density at radius 3 is 2.67 bits per heavy atom. The van der Waals surface area contributed by atoms with Gasteiger partial charge < -0.3 is 10.0 Å². The first-order chi connectivity index (χ1) is 8.56. The Labute approximate surface area is 116 Å². The third-order valence-corrected chi connectivity index (χ3v) is 3.94. The van der Waals surface area contributed by atoms with Gasteiger partial charge in [-0.1, -0.05) is 0 Å². The molecule has 5 nitrogen and oxygen atoms in total. The maximum absolute atomic E-state index is 10.6. The van der Waals surface area contributed by atoms with Crippen LogP contribution in [0.5, 0.6) is 0 Å². The molecule has 0 aliphatic rings. The van der Waals surface area contributed by atoms with Gasteiger partial charge in [0.1, 0.15) is 6.54 Å². The summed E-state index contributed by atoms with van der Waals surface area (Å²) in [6, 6.07) is 1.99. The van der Waals surface area contributed by atoms with Crippen LogP contribution in [-0.2, 0) is 4.79 Å². The van der Waals surface area contributed by atoms with Crippen LogP contribution in [0.4, 0.5) is 5.95 Å². The molecule has 2 aromatic heterocycles. The fourth-order valence-electron chi connectivity index (χ4n) is 1.38. The van der Waals surface area contributed by atoms with E-state index in [0.29, 0.717) is 5.95 Å². The summed E-state index contributed by atoms with van der Waals surface area (Å²) >= 11 is 4.98. The maximum atomic E-state index is 10.6. The van der Waals surface area contributed by atoms with Crippen LogP contribution >= 0.6 is 27.3 Å². The Kier molecular flexibility index (Phi) is 3.93. The molecule has 0 amide bonds.